The Morgan fingerprint density at radius 3 is 2.89 bits per heavy atom. The van der Waals surface area contributed by atoms with E-state index in [0.717, 1.165) is 36.5 Å². The highest BCUT2D eigenvalue weighted by Crippen LogP contribution is 2.39. The zero-order chi connectivity index (χ0) is 13.5. The van der Waals surface area contributed by atoms with Gasteiger partial charge in [-0.1, -0.05) is 13.8 Å². The maximum atomic E-state index is 6.18. The number of rotatable bonds is 2. The minimum atomic E-state index is 0.0733. The summed E-state index contributed by atoms with van der Waals surface area (Å²) in [5, 5.41) is 0. The molecule has 2 atom stereocenters. The van der Waals surface area contributed by atoms with Gasteiger partial charge >= 0.3 is 0 Å². The van der Waals surface area contributed by atoms with Gasteiger partial charge in [0.1, 0.15) is 11.9 Å². The van der Waals surface area contributed by atoms with E-state index in [9.17, 15) is 0 Å². The largest absolute Gasteiger partial charge is 0.489 e. The molecule has 2 aliphatic rings. The summed E-state index contributed by atoms with van der Waals surface area (Å²) in [7, 11) is 0. The van der Waals surface area contributed by atoms with Gasteiger partial charge in [-0.05, 0) is 36.8 Å². The first-order chi connectivity index (χ1) is 9.03. The SMILES string of the molecule is CC1(C)CCC(N)C(Oc2ccc3c(c2)OCO3)C1. The van der Waals surface area contributed by atoms with Crippen molar-refractivity contribution in [3.8, 4) is 17.2 Å². The van der Waals surface area contributed by atoms with Gasteiger partial charge in [-0.15, -0.1) is 0 Å². The summed E-state index contributed by atoms with van der Waals surface area (Å²) in [6, 6.07) is 5.80. The van der Waals surface area contributed by atoms with Crippen molar-refractivity contribution < 1.29 is 14.2 Å². The van der Waals surface area contributed by atoms with Crippen LogP contribution in [0.3, 0.4) is 0 Å². The maximum Gasteiger partial charge on any atom is 0.231 e. The van der Waals surface area contributed by atoms with Crippen LogP contribution in [-0.4, -0.2) is 18.9 Å². The molecule has 104 valence electrons. The standard InChI is InChI=1S/C15H21NO3/c1-15(2)6-5-11(16)14(8-15)19-10-3-4-12-13(7-10)18-9-17-12/h3-4,7,11,14H,5-6,8-9,16H2,1-2H3. The lowest BCUT2D eigenvalue weighted by Gasteiger charge is -2.39. The van der Waals surface area contributed by atoms with E-state index in [-0.39, 0.29) is 18.9 Å². The van der Waals surface area contributed by atoms with Crippen LogP contribution in [0.5, 0.6) is 17.2 Å². The summed E-state index contributed by atoms with van der Waals surface area (Å²) in [4.78, 5) is 0. The molecule has 0 amide bonds. The molecule has 4 nitrogen and oxygen atoms in total. The molecule has 0 saturated heterocycles. The Bertz CT molecular complexity index is 472. The van der Waals surface area contributed by atoms with Crippen molar-refractivity contribution in [3.05, 3.63) is 18.2 Å². The van der Waals surface area contributed by atoms with Gasteiger partial charge in [-0.3, -0.25) is 0 Å². The Morgan fingerprint density at radius 2 is 2.05 bits per heavy atom. The predicted octanol–water partition coefficient (Wildman–Crippen LogP) is 2.70. The number of hydrogen-bond donors (Lipinski definition) is 1. The first-order valence-electron chi connectivity index (χ1n) is 6.85. The van der Waals surface area contributed by atoms with Gasteiger partial charge in [0.25, 0.3) is 0 Å². The highest BCUT2D eigenvalue weighted by Gasteiger charge is 2.34. The minimum Gasteiger partial charge on any atom is -0.489 e. The van der Waals surface area contributed by atoms with Crippen molar-refractivity contribution in [1.29, 1.82) is 0 Å². The molecule has 3 rings (SSSR count). The van der Waals surface area contributed by atoms with Gasteiger partial charge < -0.3 is 19.9 Å². The number of fused-ring (bicyclic) bond motifs is 1. The first kappa shape index (κ1) is 12.6. The summed E-state index contributed by atoms with van der Waals surface area (Å²) in [6.07, 6.45) is 3.24. The van der Waals surface area contributed by atoms with Crippen LogP contribution < -0.4 is 19.9 Å². The van der Waals surface area contributed by atoms with E-state index in [1.165, 1.54) is 0 Å². The zero-order valence-corrected chi connectivity index (χ0v) is 11.5. The fourth-order valence-electron chi connectivity index (χ4n) is 2.80. The van der Waals surface area contributed by atoms with E-state index >= 15 is 0 Å². The second-order valence-electron chi connectivity index (χ2n) is 6.24. The Morgan fingerprint density at radius 1 is 1.26 bits per heavy atom. The average Bonchev–Trinajstić information content (AvgIpc) is 2.81. The molecule has 1 heterocycles. The Hall–Kier alpha value is -1.42. The van der Waals surface area contributed by atoms with E-state index in [2.05, 4.69) is 13.8 Å². The summed E-state index contributed by atoms with van der Waals surface area (Å²) < 4.78 is 16.7. The third-order valence-electron chi connectivity index (χ3n) is 4.02. The van der Waals surface area contributed by atoms with Crippen LogP contribution in [0.25, 0.3) is 0 Å². The lowest BCUT2D eigenvalue weighted by Crippen LogP contribution is -2.46. The molecule has 1 aromatic carbocycles. The van der Waals surface area contributed by atoms with Gasteiger partial charge in [-0.25, -0.2) is 0 Å². The Kier molecular flexibility index (Phi) is 3.05. The summed E-state index contributed by atoms with van der Waals surface area (Å²) in [5.74, 6) is 2.34. The highest BCUT2D eigenvalue weighted by atomic mass is 16.7. The molecule has 2 unspecified atom stereocenters. The van der Waals surface area contributed by atoms with Crippen LogP contribution in [-0.2, 0) is 0 Å². The first-order valence-corrected chi connectivity index (χ1v) is 6.85. The molecule has 1 fully saturated rings. The molecule has 0 aromatic heterocycles. The number of benzene rings is 1. The Labute approximate surface area is 113 Å². The number of nitrogens with two attached hydrogens (primary N) is 1. The van der Waals surface area contributed by atoms with Crippen LogP contribution in [0.1, 0.15) is 33.1 Å². The molecular weight excluding hydrogens is 242 g/mol. The van der Waals surface area contributed by atoms with Crippen LogP contribution in [0.15, 0.2) is 18.2 Å². The second-order valence-corrected chi connectivity index (χ2v) is 6.24. The molecule has 4 heteroatoms. The summed E-state index contributed by atoms with van der Waals surface area (Å²) >= 11 is 0. The monoisotopic (exact) mass is 263 g/mol. The van der Waals surface area contributed by atoms with Gasteiger partial charge in [0, 0.05) is 12.1 Å². The van der Waals surface area contributed by atoms with Crippen molar-refractivity contribution in [2.75, 3.05) is 6.79 Å². The number of hydrogen-bond acceptors (Lipinski definition) is 4. The fourth-order valence-corrected chi connectivity index (χ4v) is 2.80. The van der Waals surface area contributed by atoms with Crippen molar-refractivity contribution in [3.63, 3.8) is 0 Å². The number of ether oxygens (including phenoxy) is 3. The smallest absolute Gasteiger partial charge is 0.231 e. The second kappa shape index (κ2) is 4.60. The molecule has 0 spiro atoms. The van der Waals surface area contributed by atoms with Gasteiger partial charge in [0.2, 0.25) is 6.79 Å². The van der Waals surface area contributed by atoms with E-state index < -0.39 is 0 Å². The molecule has 2 N–H and O–H groups in total. The normalized spacial score (nSPS) is 28.2. The van der Waals surface area contributed by atoms with E-state index in [1.807, 2.05) is 18.2 Å². The van der Waals surface area contributed by atoms with Crippen LogP contribution in [0, 0.1) is 5.41 Å². The molecular formula is C15H21NO3. The lowest BCUT2D eigenvalue weighted by molar-refractivity contribution is 0.0668. The van der Waals surface area contributed by atoms with Gasteiger partial charge in [0.05, 0.1) is 0 Å². The van der Waals surface area contributed by atoms with Crippen molar-refractivity contribution in [2.45, 2.75) is 45.3 Å². The minimum absolute atomic E-state index is 0.0733. The topological polar surface area (TPSA) is 53.7 Å². The average molecular weight is 263 g/mol. The molecule has 0 bridgehead atoms. The van der Waals surface area contributed by atoms with Gasteiger partial charge in [-0.2, -0.15) is 0 Å². The van der Waals surface area contributed by atoms with E-state index in [4.69, 9.17) is 19.9 Å². The Balaban J connectivity index is 1.73. The quantitative estimate of drug-likeness (QED) is 0.891. The highest BCUT2D eigenvalue weighted by molar-refractivity contribution is 5.46. The zero-order valence-electron chi connectivity index (χ0n) is 11.5. The summed E-state index contributed by atoms with van der Waals surface area (Å²) in [6.45, 7) is 4.83. The molecule has 1 saturated carbocycles. The van der Waals surface area contributed by atoms with Crippen LogP contribution in [0.2, 0.25) is 0 Å². The predicted molar refractivity (Wildman–Crippen MR) is 72.6 cm³/mol. The molecule has 1 aromatic rings. The third-order valence-corrected chi connectivity index (χ3v) is 4.02. The van der Waals surface area contributed by atoms with E-state index in [1.54, 1.807) is 0 Å². The molecule has 1 aliphatic carbocycles. The van der Waals surface area contributed by atoms with Crippen LogP contribution in [0.4, 0.5) is 0 Å². The third kappa shape index (κ3) is 2.63. The van der Waals surface area contributed by atoms with E-state index in [0.29, 0.717) is 5.41 Å². The fraction of sp³-hybridized carbons (Fsp3) is 0.600. The molecule has 19 heavy (non-hydrogen) atoms. The molecule has 1 aliphatic heterocycles. The summed E-state index contributed by atoms with van der Waals surface area (Å²) in [5.41, 5.74) is 6.48. The van der Waals surface area contributed by atoms with Crippen molar-refractivity contribution in [2.24, 2.45) is 11.1 Å². The van der Waals surface area contributed by atoms with Crippen molar-refractivity contribution >= 4 is 0 Å². The van der Waals surface area contributed by atoms with Crippen molar-refractivity contribution in [1.82, 2.24) is 0 Å². The van der Waals surface area contributed by atoms with Crippen LogP contribution >= 0.6 is 0 Å². The maximum absolute atomic E-state index is 6.18. The lowest BCUT2D eigenvalue weighted by atomic mass is 9.74. The molecule has 0 radical (unpaired) electrons. The van der Waals surface area contributed by atoms with Gasteiger partial charge in [0.15, 0.2) is 11.5 Å².